The van der Waals surface area contributed by atoms with Crippen LogP contribution in [0.15, 0.2) is 17.0 Å². The molecule has 1 amide bonds. The second kappa shape index (κ2) is 6.03. The lowest BCUT2D eigenvalue weighted by atomic mass is 10.2. The molecule has 7 nitrogen and oxygen atoms in total. The highest BCUT2D eigenvalue weighted by atomic mass is 32.2. The van der Waals surface area contributed by atoms with Crippen LogP contribution in [0.4, 0.5) is 8.78 Å². The van der Waals surface area contributed by atoms with E-state index in [2.05, 4.69) is 0 Å². The number of hydrogen-bond donors (Lipinski definition) is 2. The van der Waals surface area contributed by atoms with Gasteiger partial charge in [0.25, 0.3) is 5.91 Å². The Bertz CT molecular complexity index is 775. The summed E-state index contributed by atoms with van der Waals surface area (Å²) in [5.41, 5.74) is -1.14. The number of primary sulfonamides is 1. The summed E-state index contributed by atoms with van der Waals surface area (Å²) in [7, 11) is -7.84. The van der Waals surface area contributed by atoms with E-state index in [0.717, 1.165) is 6.26 Å². The minimum atomic E-state index is -4.47. The number of benzene rings is 1. The van der Waals surface area contributed by atoms with Gasteiger partial charge in [0.2, 0.25) is 10.0 Å². The molecule has 0 aliphatic carbocycles. The Morgan fingerprint density at radius 1 is 1.24 bits per heavy atom. The van der Waals surface area contributed by atoms with Gasteiger partial charge in [-0.3, -0.25) is 4.79 Å². The normalized spacial score (nSPS) is 12.2. The average molecular weight is 342 g/mol. The van der Waals surface area contributed by atoms with Crippen LogP contribution in [0.2, 0.25) is 0 Å². The van der Waals surface area contributed by atoms with Crippen LogP contribution in [0.25, 0.3) is 0 Å². The van der Waals surface area contributed by atoms with Crippen molar-refractivity contribution < 1.29 is 30.4 Å². The Morgan fingerprint density at radius 2 is 1.81 bits per heavy atom. The Morgan fingerprint density at radius 3 is 2.29 bits per heavy atom. The van der Waals surface area contributed by atoms with Crippen molar-refractivity contribution in [2.45, 2.75) is 4.90 Å². The summed E-state index contributed by atoms with van der Waals surface area (Å²) in [4.78, 5) is 10.6. The van der Waals surface area contributed by atoms with Gasteiger partial charge in [0.1, 0.15) is 26.1 Å². The number of sulfone groups is 1. The molecule has 1 aromatic carbocycles. The fraction of sp³-hybridized carbons (Fsp3) is 0.300. The zero-order chi connectivity index (χ0) is 16.4. The molecule has 1 aromatic rings. The van der Waals surface area contributed by atoms with Crippen molar-refractivity contribution in [2.24, 2.45) is 5.14 Å². The lowest BCUT2D eigenvalue weighted by molar-refractivity contribution is 0.0947. The second-order valence-corrected chi connectivity index (χ2v) is 7.95. The van der Waals surface area contributed by atoms with E-state index in [1.165, 1.54) is 0 Å². The molecule has 0 saturated heterocycles. The molecule has 0 heterocycles. The van der Waals surface area contributed by atoms with Gasteiger partial charge in [0, 0.05) is 12.8 Å². The number of carbonyl (C=O) groups excluding carboxylic acids is 1. The molecule has 0 fully saturated rings. The van der Waals surface area contributed by atoms with Crippen molar-refractivity contribution in [1.82, 2.24) is 5.32 Å². The first-order valence-electron chi connectivity index (χ1n) is 5.40. The SMILES string of the molecule is CS(=O)(=O)CCNC(=O)c1c(F)ccc(S(N)(=O)=O)c1F. The van der Waals surface area contributed by atoms with Crippen molar-refractivity contribution >= 4 is 25.8 Å². The Kier molecular flexibility index (Phi) is 5.02. The molecule has 0 atom stereocenters. The second-order valence-electron chi connectivity index (χ2n) is 4.17. The summed E-state index contributed by atoms with van der Waals surface area (Å²) in [5, 5.41) is 6.71. The molecule has 21 heavy (non-hydrogen) atoms. The van der Waals surface area contributed by atoms with Crippen molar-refractivity contribution in [3.63, 3.8) is 0 Å². The van der Waals surface area contributed by atoms with Crippen LogP contribution < -0.4 is 10.5 Å². The Labute approximate surface area is 120 Å². The molecule has 0 spiro atoms. The molecule has 11 heteroatoms. The van der Waals surface area contributed by atoms with E-state index in [4.69, 9.17) is 5.14 Å². The van der Waals surface area contributed by atoms with E-state index in [9.17, 15) is 30.4 Å². The minimum Gasteiger partial charge on any atom is -0.351 e. The van der Waals surface area contributed by atoms with Gasteiger partial charge in [-0.2, -0.15) is 0 Å². The first-order valence-corrected chi connectivity index (χ1v) is 9.01. The summed E-state index contributed by atoms with van der Waals surface area (Å²) in [6.45, 7) is -0.379. The molecule has 118 valence electrons. The predicted molar refractivity (Wildman–Crippen MR) is 69.8 cm³/mol. The maximum atomic E-state index is 13.9. The molecular weight excluding hydrogens is 330 g/mol. The van der Waals surface area contributed by atoms with E-state index in [1.54, 1.807) is 0 Å². The smallest absolute Gasteiger partial charge is 0.257 e. The molecule has 0 aliphatic rings. The summed E-state index contributed by atoms with van der Waals surface area (Å²) in [6.07, 6.45) is 0.919. The zero-order valence-electron chi connectivity index (χ0n) is 10.8. The maximum absolute atomic E-state index is 13.9. The number of sulfonamides is 1. The third-order valence-electron chi connectivity index (χ3n) is 2.35. The van der Waals surface area contributed by atoms with Crippen LogP contribution in [0.5, 0.6) is 0 Å². The number of amides is 1. The molecule has 0 aliphatic heterocycles. The fourth-order valence-corrected chi connectivity index (χ4v) is 2.48. The van der Waals surface area contributed by atoms with Crippen LogP contribution in [0, 0.1) is 11.6 Å². The molecule has 0 unspecified atom stereocenters. The Balaban J connectivity index is 3.10. The molecule has 1 rings (SSSR count). The summed E-state index contributed by atoms with van der Waals surface area (Å²) >= 11 is 0. The summed E-state index contributed by atoms with van der Waals surface area (Å²) in [5.74, 6) is -4.64. The van der Waals surface area contributed by atoms with Crippen LogP contribution in [-0.2, 0) is 19.9 Å². The van der Waals surface area contributed by atoms with E-state index in [1.807, 2.05) is 5.32 Å². The predicted octanol–water partition coefficient (Wildman–Crippen LogP) is -0.613. The number of nitrogens with two attached hydrogens (primary N) is 1. The van der Waals surface area contributed by atoms with Gasteiger partial charge < -0.3 is 5.32 Å². The van der Waals surface area contributed by atoms with E-state index < -0.39 is 53.6 Å². The zero-order valence-corrected chi connectivity index (χ0v) is 12.4. The lowest BCUT2D eigenvalue weighted by Crippen LogP contribution is -2.31. The van der Waals surface area contributed by atoms with E-state index in [0.29, 0.717) is 12.1 Å². The molecule has 0 aromatic heterocycles. The topological polar surface area (TPSA) is 123 Å². The maximum Gasteiger partial charge on any atom is 0.257 e. The van der Waals surface area contributed by atoms with Crippen molar-refractivity contribution in [1.29, 1.82) is 0 Å². The van der Waals surface area contributed by atoms with E-state index in [-0.39, 0.29) is 6.54 Å². The lowest BCUT2D eigenvalue weighted by Gasteiger charge is -2.09. The van der Waals surface area contributed by atoms with Crippen LogP contribution in [0.3, 0.4) is 0 Å². The number of rotatable bonds is 5. The molecule has 0 bridgehead atoms. The number of nitrogens with one attached hydrogen (secondary N) is 1. The monoisotopic (exact) mass is 342 g/mol. The molecule has 3 N–H and O–H groups in total. The molecular formula is C10H12F2N2O5S2. The minimum absolute atomic E-state index is 0.379. The van der Waals surface area contributed by atoms with Crippen molar-refractivity contribution in [3.8, 4) is 0 Å². The molecule has 0 radical (unpaired) electrons. The van der Waals surface area contributed by atoms with E-state index >= 15 is 0 Å². The van der Waals surface area contributed by atoms with Crippen LogP contribution in [0.1, 0.15) is 10.4 Å². The average Bonchev–Trinajstić information content (AvgIpc) is 2.25. The first-order chi connectivity index (χ1) is 9.43. The van der Waals surface area contributed by atoms with Gasteiger partial charge >= 0.3 is 0 Å². The highest BCUT2D eigenvalue weighted by Gasteiger charge is 2.25. The largest absolute Gasteiger partial charge is 0.351 e. The third-order valence-corrected chi connectivity index (χ3v) is 4.22. The number of hydrogen-bond acceptors (Lipinski definition) is 5. The number of halogens is 2. The fourth-order valence-electron chi connectivity index (χ4n) is 1.40. The van der Waals surface area contributed by atoms with Crippen LogP contribution in [-0.4, -0.2) is 41.3 Å². The van der Waals surface area contributed by atoms with Gasteiger partial charge in [0.05, 0.1) is 5.75 Å². The Hall–Kier alpha value is -1.59. The van der Waals surface area contributed by atoms with Gasteiger partial charge in [-0.25, -0.2) is 30.8 Å². The highest BCUT2D eigenvalue weighted by molar-refractivity contribution is 7.90. The van der Waals surface area contributed by atoms with Gasteiger partial charge in [-0.05, 0) is 12.1 Å². The van der Waals surface area contributed by atoms with Gasteiger partial charge in [-0.1, -0.05) is 0 Å². The quantitative estimate of drug-likeness (QED) is 0.738. The number of carbonyl (C=O) groups is 1. The van der Waals surface area contributed by atoms with Crippen molar-refractivity contribution in [2.75, 3.05) is 18.6 Å². The van der Waals surface area contributed by atoms with Gasteiger partial charge in [0.15, 0.2) is 5.82 Å². The standard InChI is InChI=1S/C10H12F2N2O5S2/c1-20(16,17)5-4-14-10(15)8-6(11)2-3-7(9(8)12)21(13,18)19/h2-3H,4-5H2,1H3,(H,14,15)(H2,13,18,19). The van der Waals surface area contributed by atoms with Gasteiger partial charge in [-0.15, -0.1) is 0 Å². The molecule has 0 saturated carbocycles. The van der Waals surface area contributed by atoms with Crippen molar-refractivity contribution in [3.05, 3.63) is 29.3 Å². The summed E-state index contributed by atoms with van der Waals surface area (Å²) in [6, 6.07) is 1.17. The summed E-state index contributed by atoms with van der Waals surface area (Å²) < 4.78 is 71.3. The highest BCUT2D eigenvalue weighted by Crippen LogP contribution is 2.20. The van der Waals surface area contributed by atoms with Crippen LogP contribution >= 0.6 is 0 Å². The first kappa shape index (κ1) is 17.5. The third kappa shape index (κ3) is 4.72.